The Kier molecular flexibility index (Phi) is 7.68. The highest BCUT2D eigenvalue weighted by Crippen LogP contribution is 2.26. The van der Waals surface area contributed by atoms with Crippen molar-refractivity contribution in [2.75, 3.05) is 26.1 Å². The monoisotopic (exact) mass is 471 g/mol. The molecule has 0 spiro atoms. The number of amides is 1. The lowest BCUT2D eigenvalue weighted by molar-refractivity contribution is -0.384. The van der Waals surface area contributed by atoms with E-state index in [1.54, 1.807) is 6.92 Å². The van der Waals surface area contributed by atoms with Crippen LogP contribution in [0.25, 0.3) is 0 Å². The molecule has 0 aliphatic rings. The number of esters is 1. The van der Waals surface area contributed by atoms with Crippen LogP contribution in [0.2, 0.25) is 5.02 Å². The lowest BCUT2D eigenvalue weighted by Gasteiger charge is -2.15. The zero-order chi connectivity index (χ0) is 23.3. The number of nitrogens with zero attached hydrogens (tertiary/aromatic N) is 2. The molecule has 0 bridgehead atoms. The van der Waals surface area contributed by atoms with Gasteiger partial charge < -0.3 is 10.1 Å². The fourth-order valence-corrected chi connectivity index (χ4v) is 3.84. The van der Waals surface area contributed by atoms with Crippen LogP contribution in [0, 0.1) is 17.0 Å². The molecule has 0 aliphatic carbocycles. The van der Waals surface area contributed by atoms with Crippen LogP contribution in [0.15, 0.2) is 41.3 Å². The first-order chi connectivity index (χ1) is 14.5. The van der Waals surface area contributed by atoms with Crippen LogP contribution in [0.3, 0.4) is 0 Å². The fourth-order valence-electron chi connectivity index (χ4n) is 2.37. The van der Waals surface area contributed by atoms with E-state index in [1.807, 2.05) is 0 Å². The van der Waals surface area contributed by atoms with Gasteiger partial charge in [-0.15, -0.1) is 0 Å². The molecular formula is C18H18ClN3O8S. The molecule has 0 saturated heterocycles. The van der Waals surface area contributed by atoms with Crippen LogP contribution in [-0.4, -0.2) is 50.5 Å². The number of benzene rings is 2. The Morgan fingerprint density at radius 2 is 1.90 bits per heavy atom. The van der Waals surface area contributed by atoms with E-state index in [4.69, 9.17) is 16.3 Å². The summed E-state index contributed by atoms with van der Waals surface area (Å²) in [5.74, 6) is -1.64. The van der Waals surface area contributed by atoms with Crippen LogP contribution < -0.4 is 5.32 Å². The van der Waals surface area contributed by atoms with Crippen molar-refractivity contribution in [3.05, 3.63) is 62.7 Å². The number of non-ortho nitro benzene ring substituents is 1. The van der Waals surface area contributed by atoms with Crippen LogP contribution >= 0.6 is 11.6 Å². The van der Waals surface area contributed by atoms with Gasteiger partial charge in [-0.2, -0.15) is 0 Å². The van der Waals surface area contributed by atoms with Crippen molar-refractivity contribution in [1.82, 2.24) is 4.47 Å². The predicted octanol–water partition coefficient (Wildman–Crippen LogP) is 2.53. The molecule has 2 aromatic rings. The minimum absolute atomic E-state index is 0.130. The lowest BCUT2D eigenvalue weighted by Crippen LogP contribution is -2.26. The maximum atomic E-state index is 12.4. The third kappa shape index (κ3) is 5.76. The Balaban J connectivity index is 2.08. The third-order valence-electron chi connectivity index (χ3n) is 4.07. The van der Waals surface area contributed by atoms with Gasteiger partial charge in [-0.05, 0) is 36.8 Å². The maximum Gasteiger partial charge on any atom is 0.338 e. The number of rotatable bonds is 8. The van der Waals surface area contributed by atoms with Crippen molar-refractivity contribution in [2.24, 2.45) is 0 Å². The molecule has 1 N–H and O–H groups in total. The minimum Gasteiger partial charge on any atom is -0.452 e. The van der Waals surface area contributed by atoms with Crippen molar-refractivity contribution in [2.45, 2.75) is 11.8 Å². The molecule has 0 aromatic heterocycles. The van der Waals surface area contributed by atoms with E-state index >= 15 is 0 Å². The number of nitrogens with one attached hydrogen (secondary N) is 1. The zero-order valence-corrected chi connectivity index (χ0v) is 18.2. The van der Waals surface area contributed by atoms with Gasteiger partial charge in [0.25, 0.3) is 21.6 Å². The second kappa shape index (κ2) is 9.83. The van der Waals surface area contributed by atoms with Crippen LogP contribution in [-0.2, 0) is 24.4 Å². The first kappa shape index (κ1) is 24.2. The number of hydrogen-bond donors (Lipinski definition) is 1. The van der Waals surface area contributed by atoms with Crippen LogP contribution in [0.5, 0.6) is 0 Å². The van der Waals surface area contributed by atoms with E-state index in [2.05, 4.69) is 10.2 Å². The summed E-state index contributed by atoms with van der Waals surface area (Å²) in [5, 5.41) is 13.1. The van der Waals surface area contributed by atoms with Gasteiger partial charge >= 0.3 is 5.97 Å². The average molecular weight is 472 g/mol. The number of sulfonamides is 1. The second-order valence-electron chi connectivity index (χ2n) is 6.12. The first-order valence-corrected chi connectivity index (χ1v) is 10.3. The molecule has 0 radical (unpaired) electrons. The van der Waals surface area contributed by atoms with Gasteiger partial charge in [0.1, 0.15) is 4.90 Å². The predicted molar refractivity (Wildman–Crippen MR) is 110 cm³/mol. The number of anilines is 1. The van der Waals surface area contributed by atoms with E-state index in [9.17, 15) is 28.1 Å². The van der Waals surface area contributed by atoms with Crippen LogP contribution in [0.1, 0.15) is 15.9 Å². The number of halogens is 1. The quantitative estimate of drug-likeness (QED) is 0.351. The molecule has 2 rings (SSSR count). The number of hydrogen-bond acceptors (Lipinski definition) is 8. The number of nitro groups is 1. The number of ether oxygens (including phenoxy) is 1. The molecule has 11 nitrogen and oxygen atoms in total. The molecule has 0 unspecified atom stereocenters. The molecule has 0 fully saturated rings. The molecule has 31 heavy (non-hydrogen) atoms. The standard InChI is InChI=1S/C18H18ClN3O8S/c1-11-8-13(22(25)26)5-7-15(11)20-17(23)10-30-18(24)12-4-6-14(19)16(9-12)31(27,28)21(2)29-3/h4-9H,10H2,1-3H3,(H,20,23). The Morgan fingerprint density at radius 3 is 2.48 bits per heavy atom. The van der Waals surface area contributed by atoms with Gasteiger partial charge in [-0.1, -0.05) is 16.1 Å². The highest BCUT2D eigenvalue weighted by Gasteiger charge is 2.25. The normalized spacial score (nSPS) is 11.3. The smallest absolute Gasteiger partial charge is 0.338 e. The number of hydroxylamine groups is 1. The summed E-state index contributed by atoms with van der Waals surface area (Å²) in [6.45, 7) is 0.902. The topological polar surface area (TPSA) is 145 Å². The van der Waals surface area contributed by atoms with Gasteiger partial charge in [0, 0.05) is 24.9 Å². The Morgan fingerprint density at radius 1 is 1.23 bits per heavy atom. The molecule has 0 saturated carbocycles. The zero-order valence-electron chi connectivity index (χ0n) is 16.6. The third-order valence-corrected chi connectivity index (χ3v) is 6.23. The van der Waals surface area contributed by atoms with Crippen molar-refractivity contribution >= 4 is 44.9 Å². The van der Waals surface area contributed by atoms with Gasteiger partial charge in [0.05, 0.1) is 22.6 Å². The fraction of sp³-hybridized carbons (Fsp3) is 0.222. The summed E-state index contributed by atoms with van der Waals surface area (Å²) >= 11 is 5.93. The molecule has 13 heteroatoms. The van der Waals surface area contributed by atoms with Gasteiger partial charge in [0.15, 0.2) is 6.61 Å². The molecule has 2 aromatic carbocycles. The van der Waals surface area contributed by atoms with Crippen molar-refractivity contribution in [1.29, 1.82) is 0 Å². The number of carbonyl (C=O) groups is 2. The lowest BCUT2D eigenvalue weighted by atomic mass is 10.2. The van der Waals surface area contributed by atoms with Gasteiger partial charge in [-0.25, -0.2) is 13.2 Å². The van der Waals surface area contributed by atoms with Crippen LogP contribution in [0.4, 0.5) is 11.4 Å². The maximum absolute atomic E-state index is 12.4. The Hall–Kier alpha value is -3.06. The summed E-state index contributed by atoms with van der Waals surface area (Å²) in [6, 6.07) is 7.32. The Labute approximate surface area is 182 Å². The van der Waals surface area contributed by atoms with Crippen molar-refractivity contribution in [3.63, 3.8) is 0 Å². The van der Waals surface area contributed by atoms with E-state index in [1.165, 1.54) is 30.3 Å². The number of nitro benzene ring substituents is 1. The molecule has 0 aliphatic heterocycles. The summed E-state index contributed by atoms with van der Waals surface area (Å²) in [5.41, 5.74) is 0.485. The van der Waals surface area contributed by atoms with Gasteiger partial charge in [0.2, 0.25) is 0 Å². The number of aryl methyl sites for hydroxylation is 1. The molecular weight excluding hydrogens is 454 g/mol. The summed E-state index contributed by atoms with van der Waals surface area (Å²) in [7, 11) is -1.82. The molecule has 0 heterocycles. The van der Waals surface area contributed by atoms with E-state index in [0.29, 0.717) is 15.7 Å². The van der Waals surface area contributed by atoms with Crippen molar-refractivity contribution < 1.29 is 32.5 Å². The summed E-state index contributed by atoms with van der Waals surface area (Å²) in [6.07, 6.45) is 0. The first-order valence-electron chi connectivity index (χ1n) is 8.52. The average Bonchev–Trinajstić information content (AvgIpc) is 2.72. The Bertz CT molecular complexity index is 1140. The highest BCUT2D eigenvalue weighted by molar-refractivity contribution is 7.89. The SMILES string of the molecule is CON(C)S(=O)(=O)c1cc(C(=O)OCC(=O)Nc2ccc([N+](=O)[O-])cc2C)ccc1Cl. The van der Waals surface area contributed by atoms with Crippen molar-refractivity contribution in [3.8, 4) is 0 Å². The van der Waals surface area contributed by atoms with E-state index in [-0.39, 0.29) is 21.2 Å². The second-order valence-corrected chi connectivity index (χ2v) is 8.43. The summed E-state index contributed by atoms with van der Waals surface area (Å²) < 4.78 is 30.3. The molecule has 0 atom stereocenters. The van der Waals surface area contributed by atoms with Gasteiger partial charge in [-0.3, -0.25) is 19.7 Å². The van der Waals surface area contributed by atoms with E-state index in [0.717, 1.165) is 20.2 Å². The highest BCUT2D eigenvalue weighted by atomic mass is 35.5. The largest absolute Gasteiger partial charge is 0.452 e. The molecule has 1 amide bonds. The van der Waals surface area contributed by atoms with E-state index < -0.39 is 33.4 Å². The number of carbonyl (C=O) groups excluding carboxylic acids is 2. The molecule has 166 valence electrons. The minimum atomic E-state index is -4.12. The summed E-state index contributed by atoms with van der Waals surface area (Å²) in [4.78, 5) is 38.8.